The van der Waals surface area contributed by atoms with Crippen LogP contribution in [0.2, 0.25) is 0 Å². The fraction of sp³-hybridized carbons (Fsp3) is 0.0556. The predicted molar refractivity (Wildman–Crippen MR) is 94.4 cm³/mol. The van der Waals surface area contributed by atoms with Crippen LogP contribution in [-0.2, 0) is 6.54 Å². The van der Waals surface area contributed by atoms with Crippen molar-refractivity contribution in [3.63, 3.8) is 0 Å². The molecule has 0 aliphatic rings. The van der Waals surface area contributed by atoms with E-state index in [2.05, 4.69) is 25.6 Å². The molecule has 26 heavy (non-hydrogen) atoms. The Hall–Kier alpha value is -3.81. The maximum absolute atomic E-state index is 12.7. The number of hydrogen-bond acceptors (Lipinski definition) is 6. The molecule has 2 heterocycles. The van der Waals surface area contributed by atoms with Gasteiger partial charge in [-0.2, -0.15) is 5.21 Å². The first-order valence-electron chi connectivity index (χ1n) is 7.90. The summed E-state index contributed by atoms with van der Waals surface area (Å²) in [6, 6.07) is 17.3. The first kappa shape index (κ1) is 15.7. The Morgan fingerprint density at radius 3 is 2.65 bits per heavy atom. The topological polar surface area (TPSA) is 110 Å². The summed E-state index contributed by atoms with van der Waals surface area (Å²) in [7, 11) is 0. The lowest BCUT2D eigenvalue weighted by molar-refractivity contribution is 0.103. The van der Waals surface area contributed by atoms with Crippen LogP contribution in [0.5, 0.6) is 0 Å². The lowest BCUT2D eigenvalue weighted by Gasteiger charge is -2.08. The number of aromatic amines is 1. The number of aliphatic hydroxyl groups excluding tert-OH is 1. The number of benzene rings is 2. The van der Waals surface area contributed by atoms with Crippen molar-refractivity contribution in [1.82, 2.24) is 30.2 Å². The van der Waals surface area contributed by atoms with Gasteiger partial charge >= 0.3 is 0 Å². The molecule has 8 heteroatoms. The highest BCUT2D eigenvalue weighted by atomic mass is 16.3. The fourth-order valence-electron chi connectivity index (χ4n) is 2.71. The summed E-state index contributed by atoms with van der Waals surface area (Å²) in [4.78, 5) is 17.2. The minimum absolute atomic E-state index is 0.0518. The Labute approximate surface area is 147 Å². The number of ketones is 1. The van der Waals surface area contributed by atoms with Gasteiger partial charge in [-0.1, -0.05) is 42.5 Å². The standard InChI is InChI=1S/C18H14N6O2/c25-15(17-20-22-23-21-17)10-16(26)18-19-13-8-4-5-9-14(13)24(18)11-12-6-2-1-3-7-12/h1-10,25H,11H2,(H,20,21,22,23). The van der Waals surface area contributed by atoms with Gasteiger partial charge in [0.1, 0.15) is 0 Å². The van der Waals surface area contributed by atoms with Gasteiger partial charge in [-0.25, -0.2) is 4.98 Å². The summed E-state index contributed by atoms with van der Waals surface area (Å²) < 4.78 is 1.83. The fourth-order valence-corrected chi connectivity index (χ4v) is 2.71. The van der Waals surface area contributed by atoms with E-state index in [1.165, 1.54) is 0 Å². The zero-order valence-electron chi connectivity index (χ0n) is 13.6. The summed E-state index contributed by atoms with van der Waals surface area (Å²) in [6.45, 7) is 0.485. The second-order valence-electron chi connectivity index (χ2n) is 5.63. The van der Waals surface area contributed by atoms with Crippen molar-refractivity contribution >= 4 is 22.6 Å². The summed E-state index contributed by atoms with van der Waals surface area (Å²) in [6.07, 6.45) is 1.05. The maximum atomic E-state index is 12.7. The third-order valence-corrected chi connectivity index (χ3v) is 3.90. The lowest BCUT2D eigenvalue weighted by Crippen LogP contribution is -2.10. The number of nitrogens with zero attached hydrogens (tertiary/aromatic N) is 5. The SMILES string of the molecule is O=C(C=C(O)c1nn[nH]n1)c1nc2ccccc2n1Cc1ccccc1. The molecule has 0 amide bonds. The van der Waals surface area contributed by atoms with Crippen LogP contribution in [0, 0.1) is 0 Å². The van der Waals surface area contributed by atoms with Crippen molar-refractivity contribution in [3.05, 3.63) is 77.9 Å². The predicted octanol–water partition coefficient (Wildman–Crippen LogP) is 2.38. The van der Waals surface area contributed by atoms with Crippen molar-refractivity contribution in [2.45, 2.75) is 6.54 Å². The number of para-hydroxylation sites is 2. The second kappa shape index (κ2) is 6.60. The van der Waals surface area contributed by atoms with Crippen molar-refractivity contribution in [2.24, 2.45) is 0 Å². The summed E-state index contributed by atoms with van der Waals surface area (Å²) in [5.74, 6) is -0.643. The third kappa shape index (κ3) is 2.95. The molecule has 2 aromatic heterocycles. The Kier molecular flexibility index (Phi) is 3.98. The van der Waals surface area contributed by atoms with Crippen LogP contribution >= 0.6 is 0 Å². The number of H-pyrrole nitrogens is 1. The highest BCUT2D eigenvalue weighted by molar-refractivity contribution is 6.07. The van der Waals surface area contributed by atoms with Crippen molar-refractivity contribution in [3.8, 4) is 0 Å². The van der Waals surface area contributed by atoms with Crippen molar-refractivity contribution < 1.29 is 9.90 Å². The van der Waals surface area contributed by atoms with E-state index in [1.54, 1.807) is 0 Å². The van der Waals surface area contributed by atoms with Gasteiger partial charge in [0.25, 0.3) is 0 Å². The second-order valence-corrected chi connectivity index (χ2v) is 5.63. The van der Waals surface area contributed by atoms with E-state index < -0.39 is 5.78 Å². The monoisotopic (exact) mass is 346 g/mol. The molecule has 0 saturated carbocycles. The molecule has 0 unspecified atom stereocenters. The average Bonchev–Trinajstić information content (AvgIpc) is 3.31. The number of rotatable bonds is 5. The quantitative estimate of drug-likeness (QED) is 0.326. The molecule has 0 radical (unpaired) electrons. The maximum Gasteiger partial charge on any atom is 0.239 e. The molecule has 0 saturated heterocycles. The average molecular weight is 346 g/mol. The van der Waals surface area contributed by atoms with Crippen LogP contribution in [0.4, 0.5) is 0 Å². The van der Waals surface area contributed by atoms with Gasteiger partial charge in [-0.15, -0.1) is 10.2 Å². The molecule has 2 aromatic carbocycles. The van der Waals surface area contributed by atoms with Crippen LogP contribution in [0.25, 0.3) is 16.8 Å². The number of allylic oxidation sites excluding steroid dienone is 1. The third-order valence-electron chi connectivity index (χ3n) is 3.90. The van der Waals surface area contributed by atoms with Gasteiger partial charge in [-0.05, 0) is 22.9 Å². The van der Waals surface area contributed by atoms with Gasteiger partial charge in [-0.3, -0.25) is 4.79 Å². The number of tetrazole rings is 1. The smallest absolute Gasteiger partial charge is 0.239 e. The van der Waals surface area contributed by atoms with Crippen LogP contribution in [-0.4, -0.2) is 41.1 Å². The number of aromatic nitrogens is 6. The number of nitrogens with one attached hydrogen (secondary N) is 1. The van der Waals surface area contributed by atoms with E-state index in [1.807, 2.05) is 59.2 Å². The molecule has 0 aliphatic carbocycles. The Morgan fingerprint density at radius 1 is 1.12 bits per heavy atom. The van der Waals surface area contributed by atoms with E-state index in [-0.39, 0.29) is 17.4 Å². The zero-order valence-corrected chi connectivity index (χ0v) is 13.6. The molecule has 8 nitrogen and oxygen atoms in total. The molecule has 0 spiro atoms. The Balaban J connectivity index is 1.78. The Bertz CT molecular complexity index is 1080. The number of aliphatic hydroxyl groups is 1. The van der Waals surface area contributed by atoms with Gasteiger partial charge in [0.2, 0.25) is 11.6 Å². The number of carbonyl (C=O) groups is 1. The molecular weight excluding hydrogens is 332 g/mol. The van der Waals surface area contributed by atoms with Crippen LogP contribution in [0.3, 0.4) is 0 Å². The van der Waals surface area contributed by atoms with E-state index in [4.69, 9.17) is 0 Å². The van der Waals surface area contributed by atoms with Gasteiger partial charge in [0.05, 0.1) is 11.0 Å². The van der Waals surface area contributed by atoms with E-state index in [0.29, 0.717) is 12.1 Å². The van der Waals surface area contributed by atoms with Crippen molar-refractivity contribution in [2.75, 3.05) is 0 Å². The molecule has 0 atom stereocenters. The lowest BCUT2D eigenvalue weighted by atomic mass is 10.2. The summed E-state index contributed by atoms with van der Waals surface area (Å²) in [5.41, 5.74) is 2.59. The van der Waals surface area contributed by atoms with Crippen LogP contribution in [0.1, 0.15) is 22.0 Å². The van der Waals surface area contributed by atoms with Gasteiger partial charge < -0.3 is 9.67 Å². The van der Waals surface area contributed by atoms with Gasteiger partial charge in [0.15, 0.2) is 11.6 Å². The number of carbonyl (C=O) groups excluding carboxylic acids is 1. The van der Waals surface area contributed by atoms with Crippen molar-refractivity contribution in [1.29, 1.82) is 0 Å². The highest BCUT2D eigenvalue weighted by Crippen LogP contribution is 2.19. The highest BCUT2D eigenvalue weighted by Gasteiger charge is 2.18. The molecule has 128 valence electrons. The Morgan fingerprint density at radius 2 is 1.88 bits per heavy atom. The van der Waals surface area contributed by atoms with E-state index in [0.717, 1.165) is 17.2 Å². The first-order valence-corrected chi connectivity index (χ1v) is 7.90. The van der Waals surface area contributed by atoms with E-state index in [9.17, 15) is 9.90 Å². The molecule has 2 N–H and O–H groups in total. The van der Waals surface area contributed by atoms with E-state index >= 15 is 0 Å². The minimum atomic E-state index is -0.445. The minimum Gasteiger partial charge on any atom is -0.504 e. The molecule has 0 bridgehead atoms. The zero-order chi connectivity index (χ0) is 17.9. The summed E-state index contributed by atoms with van der Waals surface area (Å²) >= 11 is 0. The molecule has 0 aliphatic heterocycles. The molecule has 4 aromatic rings. The number of imidazole rings is 1. The van der Waals surface area contributed by atoms with Gasteiger partial charge in [0, 0.05) is 12.6 Å². The first-order chi connectivity index (χ1) is 12.7. The molecule has 0 fully saturated rings. The molecule has 4 rings (SSSR count). The molecular formula is C18H14N6O2. The number of hydrogen-bond donors (Lipinski definition) is 2. The normalized spacial score (nSPS) is 11.8. The number of fused-ring (bicyclic) bond motifs is 1. The summed E-state index contributed by atoms with van der Waals surface area (Å²) in [5, 5.41) is 22.9. The largest absolute Gasteiger partial charge is 0.504 e. The van der Waals surface area contributed by atoms with Crippen LogP contribution < -0.4 is 0 Å². The van der Waals surface area contributed by atoms with Crippen LogP contribution in [0.15, 0.2) is 60.7 Å².